The van der Waals surface area contributed by atoms with Gasteiger partial charge in [0.05, 0.1) is 27.4 Å². The van der Waals surface area contributed by atoms with Crippen LogP contribution in [0, 0.1) is 17.3 Å². The highest BCUT2D eigenvalue weighted by Crippen LogP contribution is 2.68. The second-order valence-electron chi connectivity index (χ2n) is 18.0. The van der Waals surface area contributed by atoms with Gasteiger partial charge in [-0.1, -0.05) is 37.3 Å². The highest BCUT2D eigenvalue weighted by Gasteiger charge is 2.80. The van der Waals surface area contributed by atoms with Crippen molar-refractivity contribution in [1.82, 2.24) is 14.8 Å². The summed E-state index contributed by atoms with van der Waals surface area (Å²) in [4.78, 5) is 52.5. The van der Waals surface area contributed by atoms with E-state index in [1.54, 1.807) is 0 Å². The lowest BCUT2D eigenvalue weighted by Crippen LogP contribution is -2.81. The van der Waals surface area contributed by atoms with E-state index in [0.29, 0.717) is 61.7 Å². The van der Waals surface area contributed by atoms with Gasteiger partial charge in [-0.05, 0) is 68.3 Å². The Kier molecular flexibility index (Phi) is 9.12. The fraction of sp³-hybridized carbons (Fsp3) is 0.578. The molecule has 316 valence electrons. The second-order valence-corrected chi connectivity index (χ2v) is 18.0. The topological polar surface area (TPSA) is 134 Å². The summed E-state index contributed by atoms with van der Waals surface area (Å²) in [5.74, 6) is -5.92. The lowest BCUT2D eigenvalue weighted by Gasteiger charge is -2.63. The number of hydrogen-bond donors (Lipinski definition) is 2. The van der Waals surface area contributed by atoms with Crippen molar-refractivity contribution in [1.29, 1.82) is 0 Å². The van der Waals surface area contributed by atoms with Gasteiger partial charge in [-0.3, -0.25) is 19.4 Å². The molecule has 10 atom stereocenters. The number of methoxy groups -OCH3 is 3. The van der Waals surface area contributed by atoms with Crippen LogP contribution >= 0.6 is 0 Å². The second kappa shape index (κ2) is 13.5. The number of carbonyl (C=O) groups excluding carboxylic acids is 3. The zero-order valence-corrected chi connectivity index (χ0v) is 34.8. The van der Waals surface area contributed by atoms with Gasteiger partial charge in [-0.2, -0.15) is 0 Å². The Morgan fingerprint density at radius 2 is 1.78 bits per heavy atom. The minimum absolute atomic E-state index is 0.155. The molecule has 4 unspecified atom stereocenters. The van der Waals surface area contributed by atoms with Crippen LogP contribution in [-0.4, -0.2) is 122 Å². The molecule has 12 nitrogen and oxygen atoms in total. The van der Waals surface area contributed by atoms with Gasteiger partial charge < -0.3 is 33.9 Å². The Balaban J connectivity index is 1.35. The van der Waals surface area contributed by atoms with Gasteiger partial charge in [-0.15, -0.1) is 0 Å². The van der Waals surface area contributed by atoms with E-state index in [2.05, 4.69) is 14.8 Å². The van der Waals surface area contributed by atoms with E-state index in [1.807, 2.05) is 67.4 Å². The summed E-state index contributed by atoms with van der Waals surface area (Å²) >= 11 is 0. The van der Waals surface area contributed by atoms with Gasteiger partial charge in [0, 0.05) is 96.9 Å². The van der Waals surface area contributed by atoms with Gasteiger partial charge in [0.25, 0.3) is 0 Å². The Labute approximate surface area is 342 Å². The quantitative estimate of drug-likeness (QED) is 0.188. The van der Waals surface area contributed by atoms with E-state index >= 15 is 13.6 Å². The summed E-state index contributed by atoms with van der Waals surface area (Å²) in [7, 11) is 5.94. The molecule has 2 bridgehead atoms. The number of esters is 3. The monoisotopic (exact) mass is 816 g/mol. The predicted molar refractivity (Wildman–Crippen MR) is 214 cm³/mol. The maximum Gasteiger partial charge on any atom is 0.344 e. The molecule has 14 heteroatoms. The SMILES string of the molecule is CC[C@]12C=CCN3CC[C@@]4(c5cc([C@@]6(C(=O)OC)CC7CC(C(C)(F)F)CN(Cc8c6[nH]c6ccccc86)C7)c(OC)cc5N(C)[C@H]4C(O)(C(=O)OC)[C@@H]1OC(C)=O)[C@@H]32. The van der Waals surface area contributed by atoms with Crippen LogP contribution in [0.2, 0.25) is 0 Å². The number of para-hydroxylation sites is 1. The van der Waals surface area contributed by atoms with E-state index in [9.17, 15) is 14.7 Å². The third-order valence-corrected chi connectivity index (χ3v) is 15.3. The number of rotatable bonds is 7. The molecule has 5 aliphatic heterocycles. The van der Waals surface area contributed by atoms with Crippen molar-refractivity contribution in [3.8, 4) is 5.75 Å². The van der Waals surface area contributed by atoms with Crippen LogP contribution in [0.1, 0.15) is 68.8 Å². The molecule has 0 radical (unpaired) electrons. The first kappa shape index (κ1) is 39.9. The summed E-state index contributed by atoms with van der Waals surface area (Å²) < 4.78 is 54.3. The molecule has 9 rings (SSSR count). The van der Waals surface area contributed by atoms with Crippen molar-refractivity contribution in [2.45, 2.75) is 93.5 Å². The standard InChI is InChI=1S/C45H54F2N4O8/c1-8-42-14-11-16-51-17-15-43(36(42)51)30-19-31(34(56-5)20-33(30)49(4)37(43)45(55,40(54)58-7)38(42)59-25(2)52)44(39(53)57-6)21-26-18-27(41(3,46)47)23-50(22-26)24-29-28-12-9-10-13-32(28)48-35(29)44/h9-14,19-20,26-27,36-38,48,55H,8,15-18,21-24H2,1-7H3/t26?,27?,36-,37+,38+,42+,43+,44-,45?/m0/s1. The van der Waals surface area contributed by atoms with Gasteiger partial charge in [0.1, 0.15) is 11.2 Å². The number of halogens is 2. The van der Waals surface area contributed by atoms with Crippen LogP contribution in [0.15, 0.2) is 48.6 Å². The largest absolute Gasteiger partial charge is 0.496 e. The molecule has 0 amide bonds. The number of anilines is 1. The number of hydrogen-bond acceptors (Lipinski definition) is 11. The summed E-state index contributed by atoms with van der Waals surface area (Å²) in [5.41, 5.74) is -1.64. The molecule has 1 aromatic heterocycles. The first-order valence-corrected chi connectivity index (χ1v) is 20.7. The fourth-order valence-corrected chi connectivity index (χ4v) is 13.2. The highest BCUT2D eigenvalue weighted by molar-refractivity contribution is 5.95. The molecule has 3 aromatic rings. The number of nitrogens with one attached hydrogen (secondary N) is 1. The normalized spacial score (nSPS) is 35.8. The van der Waals surface area contributed by atoms with Crippen molar-refractivity contribution in [2.75, 3.05) is 59.5 Å². The number of piperidine rings is 1. The molecular weight excluding hydrogens is 763 g/mol. The molecular formula is C45H54F2N4O8. The summed E-state index contributed by atoms with van der Waals surface area (Å²) in [5, 5.41) is 14.2. The van der Waals surface area contributed by atoms with Crippen LogP contribution in [0.25, 0.3) is 10.9 Å². The number of aromatic nitrogens is 1. The van der Waals surface area contributed by atoms with E-state index in [-0.39, 0.29) is 31.3 Å². The maximum absolute atomic E-state index is 15.3. The predicted octanol–water partition coefficient (Wildman–Crippen LogP) is 5.08. The number of likely N-dealkylation sites (N-methyl/N-ethyl adjacent to an activating group) is 1. The summed E-state index contributed by atoms with van der Waals surface area (Å²) in [6.07, 6.45) is 4.04. The van der Waals surface area contributed by atoms with E-state index in [0.717, 1.165) is 29.0 Å². The lowest BCUT2D eigenvalue weighted by atomic mass is 9.47. The van der Waals surface area contributed by atoms with Crippen molar-refractivity contribution < 1.29 is 47.2 Å². The van der Waals surface area contributed by atoms with Gasteiger partial charge in [-0.25, -0.2) is 13.6 Å². The zero-order chi connectivity index (χ0) is 42.0. The van der Waals surface area contributed by atoms with Crippen molar-refractivity contribution in [3.63, 3.8) is 0 Å². The molecule has 2 N–H and O–H groups in total. The molecule has 1 spiro atoms. The Bertz CT molecular complexity index is 2270. The maximum atomic E-state index is 15.3. The number of benzene rings is 2. The van der Waals surface area contributed by atoms with Crippen molar-refractivity contribution >= 4 is 34.5 Å². The zero-order valence-electron chi connectivity index (χ0n) is 34.8. The average molecular weight is 817 g/mol. The van der Waals surface area contributed by atoms with Crippen LogP contribution < -0.4 is 9.64 Å². The Morgan fingerprint density at radius 3 is 2.46 bits per heavy atom. The van der Waals surface area contributed by atoms with Crippen LogP contribution in [0.3, 0.4) is 0 Å². The number of fused-ring (bicyclic) bond motifs is 6. The Morgan fingerprint density at radius 1 is 1.03 bits per heavy atom. The number of alkyl halides is 2. The number of H-pyrrole nitrogens is 1. The van der Waals surface area contributed by atoms with Crippen molar-refractivity contribution in [2.24, 2.45) is 17.3 Å². The molecule has 1 saturated carbocycles. The van der Waals surface area contributed by atoms with Gasteiger partial charge in [0.2, 0.25) is 11.5 Å². The summed E-state index contributed by atoms with van der Waals surface area (Å²) in [6.45, 7) is 6.55. The van der Waals surface area contributed by atoms with Crippen molar-refractivity contribution in [3.05, 3.63) is 70.9 Å². The molecule has 59 heavy (non-hydrogen) atoms. The van der Waals surface area contributed by atoms with Gasteiger partial charge in [0.15, 0.2) is 6.10 Å². The molecule has 2 saturated heterocycles. The lowest BCUT2D eigenvalue weighted by molar-refractivity contribution is -0.228. The van der Waals surface area contributed by atoms with E-state index in [4.69, 9.17) is 18.9 Å². The van der Waals surface area contributed by atoms with E-state index < -0.39 is 63.7 Å². The fourth-order valence-electron chi connectivity index (χ4n) is 13.2. The molecule has 6 aliphatic rings. The number of carbonyl (C=O) groups is 3. The summed E-state index contributed by atoms with van der Waals surface area (Å²) in [6, 6.07) is 10.3. The average Bonchev–Trinajstić information content (AvgIpc) is 3.86. The minimum atomic E-state index is -2.94. The van der Waals surface area contributed by atoms with E-state index in [1.165, 1.54) is 28.3 Å². The number of ether oxygens (including phenoxy) is 4. The van der Waals surface area contributed by atoms with Crippen LogP contribution in [-0.2, 0) is 46.0 Å². The smallest absolute Gasteiger partial charge is 0.344 e. The first-order chi connectivity index (χ1) is 28.1. The number of aliphatic hydroxyl groups is 1. The van der Waals surface area contributed by atoms with Gasteiger partial charge >= 0.3 is 17.9 Å². The molecule has 6 heterocycles. The Hall–Kier alpha value is -4.53. The third kappa shape index (κ3) is 5.17. The van der Waals surface area contributed by atoms with Crippen LogP contribution in [0.5, 0.6) is 5.75 Å². The number of nitrogens with zero attached hydrogens (tertiary/aromatic N) is 3. The first-order valence-electron chi connectivity index (χ1n) is 20.7. The number of aromatic amines is 1. The molecule has 3 fully saturated rings. The molecule has 2 aromatic carbocycles. The third-order valence-electron chi connectivity index (χ3n) is 15.3. The molecule has 1 aliphatic carbocycles. The minimum Gasteiger partial charge on any atom is -0.496 e. The highest BCUT2D eigenvalue weighted by atomic mass is 19.3. The van der Waals surface area contributed by atoms with Crippen LogP contribution in [0.4, 0.5) is 14.5 Å².